The first-order valence-corrected chi connectivity index (χ1v) is 8.50. The van der Waals surface area contributed by atoms with Crippen molar-refractivity contribution in [3.63, 3.8) is 0 Å². The first-order chi connectivity index (χ1) is 9.26. The number of carbonyl (C=O) groups is 1. The van der Waals surface area contributed by atoms with Gasteiger partial charge in [-0.05, 0) is 49.7 Å². The largest absolute Gasteiger partial charge is 0.349 e. The summed E-state index contributed by atoms with van der Waals surface area (Å²) >= 11 is 1.73. The molecule has 1 atom stereocenters. The summed E-state index contributed by atoms with van der Waals surface area (Å²) in [6, 6.07) is 2.58. The lowest BCUT2D eigenvalue weighted by atomic mass is 9.87. The second-order valence-corrected chi connectivity index (χ2v) is 7.17. The highest BCUT2D eigenvalue weighted by atomic mass is 32.1. The molecule has 3 heteroatoms. The highest BCUT2D eigenvalue weighted by Crippen LogP contribution is 2.33. The lowest BCUT2D eigenvalue weighted by Gasteiger charge is -2.19. The first kappa shape index (κ1) is 13.2. The molecule has 1 unspecified atom stereocenters. The van der Waals surface area contributed by atoms with Crippen molar-refractivity contribution in [1.29, 1.82) is 0 Å². The van der Waals surface area contributed by atoms with E-state index < -0.39 is 0 Å². The van der Waals surface area contributed by atoms with E-state index in [1.165, 1.54) is 49.0 Å². The van der Waals surface area contributed by atoms with Crippen LogP contribution < -0.4 is 5.32 Å². The molecule has 3 rings (SSSR count). The standard InChI is InChI=1S/C16H23NOS/c1-2-11-7-8-14-12(9-11)10-15(19-14)16(18)17-13-5-3-4-6-13/h10-11,13H,2-9H2,1H3,(H,17,18). The maximum absolute atomic E-state index is 12.3. The topological polar surface area (TPSA) is 29.1 Å². The van der Waals surface area contributed by atoms with E-state index >= 15 is 0 Å². The number of hydrogen-bond acceptors (Lipinski definition) is 2. The Hall–Kier alpha value is -0.830. The molecule has 19 heavy (non-hydrogen) atoms. The maximum atomic E-state index is 12.3. The van der Waals surface area contributed by atoms with Crippen LogP contribution in [0.25, 0.3) is 0 Å². The van der Waals surface area contributed by atoms with Crippen LogP contribution in [0.2, 0.25) is 0 Å². The van der Waals surface area contributed by atoms with E-state index in [9.17, 15) is 4.79 Å². The van der Waals surface area contributed by atoms with Gasteiger partial charge in [0.2, 0.25) is 0 Å². The Balaban J connectivity index is 1.68. The Bertz CT molecular complexity index is 459. The normalized spacial score (nSPS) is 23.3. The summed E-state index contributed by atoms with van der Waals surface area (Å²) in [6.07, 6.45) is 9.78. The van der Waals surface area contributed by atoms with Crippen LogP contribution in [0.15, 0.2) is 6.07 Å². The number of fused-ring (bicyclic) bond motifs is 1. The zero-order valence-corrected chi connectivity index (χ0v) is 12.5. The van der Waals surface area contributed by atoms with Crippen molar-refractivity contribution >= 4 is 17.2 Å². The van der Waals surface area contributed by atoms with Gasteiger partial charge in [-0.3, -0.25) is 4.79 Å². The highest BCUT2D eigenvalue weighted by Gasteiger charge is 2.23. The summed E-state index contributed by atoms with van der Waals surface area (Å²) < 4.78 is 0. The van der Waals surface area contributed by atoms with Gasteiger partial charge < -0.3 is 5.32 Å². The molecule has 0 radical (unpaired) electrons. The third-order valence-electron chi connectivity index (χ3n) is 4.68. The van der Waals surface area contributed by atoms with Crippen LogP contribution in [-0.4, -0.2) is 11.9 Å². The molecular weight excluding hydrogens is 254 g/mol. The minimum Gasteiger partial charge on any atom is -0.349 e. The molecule has 1 saturated carbocycles. The number of thiophene rings is 1. The first-order valence-electron chi connectivity index (χ1n) is 7.68. The van der Waals surface area contributed by atoms with Gasteiger partial charge in [0, 0.05) is 10.9 Å². The van der Waals surface area contributed by atoms with Gasteiger partial charge in [0.05, 0.1) is 4.88 Å². The van der Waals surface area contributed by atoms with Gasteiger partial charge in [0.15, 0.2) is 0 Å². The second kappa shape index (κ2) is 5.66. The van der Waals surface area contributed by atoms with Crippen molar-refractivity contribution < 1.29 is 4.79 Å². The SMILES string of the molecule is CCC1CCc2sc(C(=O)NC3CCCC3)cc2C1. The van der Waals surface area contributed by atoms with Gasteiger partial charge in [-0.1, -0.05) is 26.2 Å². The fourth-order valence-corrected chi connectivity index (χ4v) is 4.50. The van der Waals surface area contributed by atoms with Crippen molar-refractivity contribution in [3.8, 4) is 0 Å². The average Bonchev–Trinajstić information content (AvgIpc) is 3.05. The third-order valence-corrected chi connectivity index (χ3v) is 5.91. The van der Waals surface area contributed by atoms with Gasteiger partial charge in [-0.25, -0.2) is 0 Å². The average molecular weight is 277 g/mol. The number of nitrogens with one attached hydrogen (secondary N) is 1. The van der Waals surface area contributed by atoms with E-state index in [4.69, 9.17) is 0 Å². The van der Waals surface area contributed by atoms with Crippen molar-refractivity contribution in [2.75, 3.05) is 0 Å². The fraction of sp³-hybridized carbons (Fsp3) is 0.688. The van der Waals surface area contributed by atoms with Gasteiger partial charge in [-0.2, -0.15) is 0 Å². The van der Waals surface area contributed by atoms with Crippen LogP contribution in [0.3, 0.4) is 0 Å². The molecule has 2 aliphatic carbocycles. The monoisotopic (exact) mass is 277 g/mol. The summed E-state index contributed by atoms with van der Waals surface area (Å²) in [7, 11) is 0. The van der Waals surface area contributed by atoms with E-state index in [1.807, 2.05) is 0 Å². The van der Waals surface area contributed by atoms with Crippen LogP contribution in [-0.2, 0) is 12.8 Å². The maximum Gasteiger partial charge on any atom is 0.261 e. The predicted octanol–water partition coefficient (Wildman–Crippen LogP) is 3.94. The van der Waals surface area contributed by atoms with E-state index in [0.717, 1.165) is 23.6 Å². The van der Waals surface area contributed by atoms with Crippen molar-refractivity contribution in [3.05, 3.63) is 21.4 Å². The second-order valence-electron chi connectivity index (χ2n) is 6.03. The quantitative estimate of drug-likeness (QED) is 0.891. The third kappa shape index (κ3) is 2.86. The molecule has 0 aliphatic heterocycles. The van der Waals surface area contributed by atoms with Crippen molar-refractivity contribution in [1.82, 2.24) is 5.32 Å². The van der Waals surface area contributed by atoms with Crippen molar-refractivity contribution in [2.45, 2.75) is 64.3 Å². The summed E-state index contributed by atoms with van der Waals surface area (Å²) in [5, 5.41) is 3.20. The molecule has 0 spiro atoms. The minimum absolute atomic E-state index is 0.166. The van der Waals surface area contributed by atoms with E-state index in [0.29, 0.717) is 6.04 Å². The summed E-state index contributed by atoms with van der Waals surface area (Å²) in [5.74, 6) is 0.993. The molecule has 1 heterocycles. The van der Waals surface area contributed by atoms with Crippen LogP contribution in [0.1, 0.15) is 65.6 Å². The Morgan fingerprint density at radius 1 is 1.37 bits per heavy atom. The van der Waals surface area contributed by atoms with Gasteiger partial charge in [-0.15, -0.1) is 11.3 Å². The van der Waals surface area contributed by atoms with E-state index in [2.05, 4.69) is 18.3 Å². The van der Waals surface area contributed by atoms with Crippen LogP contribution in [0, 0.1) is 5.92 Å². The number of aryl methyl sites for hydroxylation is 1. The number of hydrogen-bond donors (Lipinski definition) is 1. The zero-order valence-electron chi connectivity index (χ0n) is 11.7. The molecule has 1 aromatic heterocycles. The molecular formula is C16H23NOS. The molecule has 0 aromatic carbocycles. The molecule has 1 fully saturated rings. The molecule has 2 nitrogen and oxygen atoms in total. The molecule has 0 bridgehead atoms. The van der Waals surface area contributed by atoms with Gasteiger partial charge in [0.1, 0.15) is 0 Å². The molecule has 2 aliphatic rings. The smallest absolute Gasteiger partial charge is 0.261 e. The molecule has 0 saturated heterocycles. The van der Waals surface area contributed by atoms with Gasteiger partial charge in [0.25, 0.3) is 5.91 Å². The van der Waals surface area contributed by atoms with Crippen LogP contribution in [0.5, 0.6) is 0 Å². The van der Waals surface area contributed by atoms with Crippen LogP contribution >= 0.6 is 11.3 Å². The van der Waals surface area contributed by atoms with Gasteiger partial charge >= 0.3 is 0 Å². The lowest BCUT2D eigenvalue weighted by molar-refractivity contribution is 0.0942. The zero-order chi connectivity index (χ0) is 13.2. The fourth-order valence-electron chi connectivity index (χ4n) is 3.39. The Kier molecular flexibility index (Phi) is 3.92. The molecule has 104 valence electrons. The lowest BCUT2D eigenvalue weighted by Crippen LogP contribution is -2.31. The van der Waals surface area contributed by atoms with E-state index in [1.54, 1.807) is 11.3 Å². The number of rotatable bonds is 3. The number of amides is 1. The summed E-state index contributed by atoms with van der Waals surface area (Å²) in [4.78, 5) is 14.7. The molecule has 1 N–H and O–H groups in total. The summed E-state index contributed by atoms with van der Waals surface area (Å²) in [5.41, 5.74) is 1.44. The Labute approximate surface area is 119 Å². The van der Waals surface area contributed by atoms with Crippen LogP contribution in [0.4, 0.5) is 0 Å². The molecule has 1 aromatic rings. The molecule has 1 amide bonds. The predicted molar refractivity (Wildman–Crippen MR) is 79.8 cm³/mol. The van der Waals surface area contributed by atoms with E-state index in [-0.39, 0.29) is 5.91 Å². The Morgan fingerprint density at radius 2 is 2.16 bits per heavy atom. The number of carbonyl (C=O) groups excluding carboxylic acids is 1. The Morgan fingerprint density at radius 3 is 2.89 bits per heavy atom. The van der Waals surface area contributed by atoms with Crippen molar-refractivity contribution in [2.24, 2.45) is 5.92 Å². The summed E-state index contributed by atoms with van der Waals surface area (Å²) in [6.45, 7) is 2.27. The minimum atomic E-state index is 0.166. The highest BCUT2D eigenvalue weighted by molar-refractivity contribution is 7.14.